The van der Waals surface area contributed by atoms with Gasteiger partial charge in [-0.05, 0) is 6.07 Å². The fraction of sp³-hybridized carbons (Fsp3) is 0. The second-order valence-electron chi connectivity index (χ2n) is 1.22. The molecule has 0 N–H and O–H groups in total. The van der Waals surface area contributed by atoms with Crippen LogP contribution in [-0.4, -0.2) is 9.97 Å². The minimum atomic E-state index is 0.701. The molecule has 8 heavy (non-hydrogen) atoms. The lowest BCUT2D eigenvalue weighted by Gasteiger charge is -1.86. The van der Waals surface area contributed by atoms with Crippen molar-refractivity contribution >= 4 is 15.9 Å². The van der Waals surface area contributed by atoms with E-state index >= 15 is 0 Å². The summed E-state index contributed by atoms with van der Waals surface area (Å²) in [6.07, 6.45) is 3.39. The predicted octanol–water partition coefficient (Wildman–Crippen LogP) is 1.38. The molecule has 0 atom stereocenters. The molecule has 0 aliphatic heterocycles. The third-order valence-electron chi connectivity index (χ3n) is 0.683. The summed E-state index contributed by atoms with van der Waals surface area (Å²) in [6.45, 7) is 0. The number of aromatic nitrogens is 2. The smallest absolute Gasteiger partial charge is 0.143 e. The van der Waals surface area contributed by atoms with Crippen LogP contribution >= 0.6 is 15.9 Å². The van der Waals surface area contributed by atoms with Crippen LogP contribution in [0.1, 0.15) is 5.82 Å². The molecule has 1 aromatic heterocycles. The molecule has 1 radical (unpaired) electrons. The minimum absolute atomic E-state index is 0.701. The van der Waals surface area contributed by atoms with E-state index in [1.165, 1.54) is 0 Å². The highest BCUT2D eigenvalue weighted by Gasteiger charge is 1.85. The van der Waals surface area contributed by atoms with Crippen LogP contribution in [0.4, 0.5) is 0 Å². The lowest BCUT2D eigenvalue weighted by atomic mass is 10.6. The molecule has 0 bridgehead atoms. The van der Waals surface area contributed by atoms with Crippen LogP contribution in [0.5, 0.6) is 0 Å². The Bertz CT molecular complexity index is 152. The maximum absolute atomic E-state index is 3.88. The van der Waals surface area contributed by atoms with Crippen molar-refractivity contribution in [2.45, 2.75) is 0 Å². The van der Waals surface area contributed by atoms with Gasteiger partial charge in [0.1, 0.15) is 5.82 Å². The zero-order chi connectivity index (χ0) is 5.82. The Morgan fingerprint density at radius 1 is 1.38 bits per heavy atom. The molecule has 0 spiro atoms. The highest BCUT2D eigenvalue weighted by atomic mass is 79.9. The summed E-state index contributed by atoms with van der Waals surface area (Å²) in [6, 6.07) is 1.78. The van der Waals surface area contributed by atoms with Gasteiger partial charge in [0.15, 0.2) is 0 Å². The largest absolute Gasteiger partial charge is 0.240 e. The molecule has 0 aliphatic rings. The zero-order valence-electron chi connectivity index (χ0n) is 4.08. The van der Waals surface area contributed by atoms with Crippen LogP contribution in [0, 0.1) is 5.33 Å². The van der Waals surface area contributed by atoms with Gasteiger partial charge in [0.25, 0.3) is 0 Å². The second-order valence-corrected chi connectivity index (χ2v) is 1.67. The van der Waals surface area contributed by atoms with E-state index in [1.54, 1.807) is 23.8 Å². The molecule has 0 amide bonds. The maximum Gasteiger partial charge on any atom is 0.143 e. The predicted molar refractivity (Wildman–Crippen MR) is 34.4 cm³/mol. The topological polar surface area (TPSA) is 25.8 Å². The highest BCUT2D eigenvalue weighted by molar-refractivity contribution is 9.10. The molecule has 41 valence electrons. The molecule has 3 heteroatoms. The maximum atomic E-state index is 3.88. The van der Waals surface area contributed by atoms with Gasteiger partial charge in [-0.15, -0.1) is 0 Å². The molecule has 1 rings (SSSR count). The zero-order valence-corrected chi connectivity index (χ0v) is 5.67. The number of nitrogens with zero attached hydrogens (tertiary/aromatic N) is 2. The van der Waals surface area contributed by atoms with Gasteiger partial charge in [-0.2, -0.15) is 0 Å². The Morgan fingerprint density at radius 2 is 2.00 bits per heavy atom. The van der Waals surface area contributed by atoms with Crippen LogP contribution in [0.15, 0.2) is 18.5 Å². The van der Waals surface area contributed by atoms with Crippen LogP contribution in [0.25, 0.3) is 0 Å². The summed E-state index contributed by atoms with van der Waals surface area (Å²) in [5.74, 6) is 0.701. The Hall–Kier alpha value is -0.440. The fourth-order valence-corrected chi connectivity index (χ4v) is 0.603. The highest BCUT2D eigenvalue weighted by Crippen LogP contribution is 1.96. The number of rotatable bonds is 1. The molecule has 2 nitrogen and oxygen atoms in total. The first-order valence-corrected chi connectivity index (χ1v) is 3.05. The van der Waals surface area contributed by atoms with Crippen molar-refractivity contribution < 1.29 is 0 Å². The molecule has 0 fully saturated rings. The number of hydrogen-bond donors (Lipinski definition) is 0. The van der Waals surface area contributed by atoms with E-state index < -0.39 is 0 Å². The standard InChI is InChI=1S/C5H4BrN2/c6-4-5-7-2-1-3-8-5/h1-4H. The Morgan fingerprint density at radius 3 is 2.38 bits per heavy atom. The monoisotopic (exact) mass is 171 g/mol. The summed E-state index contributed by atoms with van der Waals surface area (Å²) in [4.78, 5) is 7.77. The van der Waals surface area contributed by atoms with Gasteiger partial charge in [0.2, 0.25) is 0 Å². The van der Waals surface area contributed by atoms with Crippen LogP contribution < -0.4 is 0 Å². The molecule has 1 heterocycles. The van der Waals surface area contributed by atoms with Gasteiger partial charge in [-0.3, -0.25) is 0 Å². The normalized spacial score (nSPS) is 9.12. The quantitative estimate of drug-likeness (QED) is 0.639. The summed E-state index contributed by atoms with van der Waals surface area (Å²) in [7, 11) is 0. The van der Waals surface area contributed by atoms with E-state index in [9.17, 15) is 0 Å². The Balaban J connectivity index is 2.83. The Labute approximate surface area is 56.1 Å². The lowest BCUT2D eigenvalue weighted by Crippen LogP contribution is -1.83. The van der Waals surface area contributed by atoms with E-state index in [2.05, 4.69) is 25.9 Å². The van der Waals surface area contributed by atoms with Crippen molar-refractivity contribution in [1.29, 1.82) is 0 Å². The van der Waals surface area contributed by atoms with E-state index in [4.69, 9.17) is 0 Å². The second kappa shape index (κ2) is 2.77. The summed E-state index contributed by atoms with van der Waals surface area (Å²) < 4.78 is 0. The molecular weight excluding hydrogens is 168 g/mol. The summed E-state index contributed by atoms with van der Waals surface area (Å²) in [5, 5.41) is 1.67. The number of halogens is 1. The van der Waals surface area contributed by atoms with E-state index in [-0.39, 0.29) is 0 Å². The van der Waals surface area contributed by atoms with Crippen molar-refractivity contribution in [3.8, 4) is 0 Å². The molecule has 0 aromatic carbocycles. The van der Waals surface area contributed by atoms with Gasteiger partial charge < -0.3 is 0 Å². The van der Waals surface area contributed by atoms with Crippen molar-refractivity contribution in [3.05, 3.63) is 29.6 Å². The average molecular weight is 172 g/mol. The first-order chi connectivity index (χ1) is 3.93. The fourth-order valence-electron chi connectivity index (χ4n) is 0.367. The van der Waals surface area contributed by atoms with Gasteiger partial charge in [0, 0.05) is 12.4 Å². The van der Waals surface area contributed by atoms with Gasteiger partial charge in [-0.1, -0.05) is 15.9 Å². The van der Waals surface area contributed by atoms with Crippen LogP contribution in [-0.2, 0) is 0 Å². The van der Waals surface area contributed by atoms with E-state index in [0.717, 1.165) is 0 Å². The SMILES string of the molecule is Br[CH]c1ncccn1. The van der Waals surface area contributed by atoms with Crippen molar-refractivity contribution in [1.82, 2.24) is 9.97 Å². The van der Waals surface area contributed by atoms with Crippen molar-refractivity contribution in [2.75, 3.05) is 0 Å². The van der Waals surface area contributed by atoms with Crippen LogP contribution in [0.3, 0.4) is 0 Å². The minimum Gasteiger partial charge on any atom is -0.240 e. The first kappa shape index (κ1) is 5.69. The number of hydrogen-bond acceptors (Lipinski definition) is 2. The summed E-state index contributed by atoms with van der Waals surface area (Å²) in [5.41, 5.74) is 0. The van der Waals surface area contributed by atoms with Gasteiger partial charge >= 0.3 is 0 Å². The third kappa shape index (κ3) is 1.26. The van der Waals surface area contributed by atoms with E-state index in [0.29, 0.717) is 5.82 Å². The van der Waals surface area contributed by atoms with E-state index in [1.807, 2.05) is 0 Å². The molecule has 1 aromatic rings. The molecule has 0 saturated heterocycles. The summed E-state index contributed by atoms with van der Waals surface area (Å²) >= 11 is 3.11. The molecule has 0 aliphatic carbocycles. The van der Waals surface area contributed by atoms with Gasteiger partial charge in [-0.25, -0.2) is 9.97 Å². The molecule has 0 saturated carbocycles. The first-order valence-electron chi connectivity index (χ1n) is 2.14. The Kier molecular flexibility index (Phi) is 1.97. The van der Waals surface area contributed by atoms with Crippen molar-refractivity contribution in [3.63, 3.8) is 0 Å². The lowest BCUT2D eigenvalue weighted by molar-refractivity contribution is 1.10. The molecular formula is C5H4BrN2. The molecule has 0 unspecified atom stereocenters. The van der Waals surface area contributed by atoms with Crippen molar-refractivity contribution in [2.24, 2.45) is 0 Å². The average Bonchev–Trinajstić information content (AvgIpc) is 1.90. The van der Waals surface area contributed by atoms with Gasteiger partial charge in [0.05, 0.1) is 5.33 Å². The van der Waals surface area contributed by atoms with Crippen LogP contribution in [0.2, 0.25) is 0 Å². The third-order valence-corrected chi connectivity index (χ3v) is 1.09.